The van der Waals surface area contributed by atoms with Crippen molar-refractivity contribution in [1.82, 2.24) is 10.6 Å². The number of carbonyl (C=O) groups excluding carboxylic acids is 1. The van der Waals surface area contributed by atoms with Crippen LogP contribution in [0.1, 0.15) is 36.8 Å². The van der Waals surface area contributed by atoms with Gasteiger partial charge in [0.2, 0.25) is 0 Å². The monoisotopic (exact) mass is 291 g/mol. The number of benzene rings is 1. The molecule has 0 aliphatic heterocycles. The van der Waals surface area contributed by atoms with Crippen molar-refractivity contribution in [2.24, 2.45) is 0 Å². The van der Waals surface area contributed by atoms with Crippen LogP contribution < -0.4 is 10.6 Å². The van der Waals surface area contributed by atoms with Gasteiger partial charge < -0.3 is 15.7 Å². The van der Waals surface area contributed by atoms with Crippen LogP contribution in [0.3, 0.4) is 0 Å². The summed E-state index contributed by atoms with van der Waals surface area (Å²) in [6, 6.07) is 5.55. The fourth-order valence-corrected chi connectivity index (χ4v) is 2.60. The Morgan fingerprint density at radius 1 is 1.43 bits per heavy atom. The summed E-state index contributed by atoms with van der Waals surface area (Å²) in [7, 11) is 0. The second-order valence-corrected chi connectivity index (χ2v) is 5.37. The molecule has 2 amide bonds. The Labute approximate surface area is 122 Å². The van der Waals surface area contributed by atoms with Gasteiger partial charge in [-0.3, -0.25) is 0 Å². The maximum Gasteiger partial charge on any atom is 0.315 e. The second-order valence-electron chi connectivity index (χ2n) is 5.37. The molecule has 21 heavy (non-hydrogen) atoms. The molecule has 1 aliphatic carbocycles. The standard InChI is InChI=1S/C15H18FN3O2/c16-13-7-11(8-17)3-4-12(13)9-18-14(21)19-15(10-20)5-1-2-6-15/h3-4,7,20H,1-2,5-6,9-10H2,(H2,18,19,21). The molecule has 112 valence electrons. The molecule has 1 aromatic rings. The molecule has 0 bridgehead atoms. The topological polar surface area (TPSA) is 85.2 Å². The van der Waals surface area contributed by atoms with Gasteiger partial charge in [-0.2, -0.15) is 5.26 Å². The van der Waals surface area contributed by atoms with Gasteiger partial charge in [-0.1, -0.05) is 18.9 Å². The molecule has 5 nitrogen and oxygen atoms in total. The number of aliphatic hydroxyl groups excluding tert-OH is 1. The average molecular weight is 291 g/mol. The summed E-state index contributed by atoms with van der Waals surface area (Å²) in [5.74, 6) is -0.521. The summed E-state index contributed by atoms with van der Waals surface area (Å²) in [6.45, 7) is -0.0590. The van der Waals surface area contributed by atoms with Crippen molar-refractivity contribution in [3.63, 3.8) is 0 Å². The fourth-order valence-electron chi connectivity index (χ4n) is 2.60. The molecular weight excluding hydrogens is 273 g/mol. The zero-order valence-corrected chi connectivity index (χ0v) is 11.7. The third-order valence-corrected chi connectivity index (χ3v) is 3.86. The first-order valence-corrected chi connectivity index (χ1v) is 6.94. The second kappa shape index (κ2) is 6.55. The molecule has 6 heteroatoms. The van der Waals surface area contributed by atoms with Gasteiger partial charge in [0.25, 0.3) is 0 Å². The third-order valence-electron chi connectivity index (χ3n) is 3.86. The van der Waals surface area contributed by atoms with E-state index in [1.54, 1.807) is 0 Å². The van der Waals surface area contributed by atoms with Gasteiger partial charge >= 0.3 is 6.03 Å². The first kappa shape index (κ1) is 15.3. The van der Waals surface area contributed by atoms with Gasteiger partial charge in [-0.05, 0) is 25.0 Å². The van der Waals surface area contributed by atoms with Crippen molar-refractivity contribution in [2.45, 2.75) is 37.8 Å². The minimum Gasteiger partial charge on any atom is -0.394 e. The molecule has 0 atom stereocenters. The Kier molecular flexibility index (Phi) is 4.76. The van der Waals surface area contributed by atoms with E-state index in [9.17, 15) is 14.3 Å². The lowest BCUT2D eigenvalue weighted by Gasteiger charge is -2.28. The van der Waals surface area contributed by atoms with Crippen molar-refractivity contribution in [2.75, 3.05) is 6.61 Å². The van der Waals surface area contributed by atoms with Crippen LogP contribution in [0.4, 0.5) is 9.18 Å². The smallest absolute Gasteiger partial charge is 0.315 e. The Bertz CT molecular complexity index is 563. The molecule has 1 aromatic carbocycles. The van der Waals surface area contributed by atoms with Gasteiger partial charge in [-0.15, -0.1) is 0 Å². The number of rotatable bonds is 4. The van der Waals surface area contributed by atoms with Crippen LogP contribution in [0, 0.1) is 17.1 Å². The maximum atomic E-state index is 13.7. The van der Waals surface area contributed by atoms with Crippen LogP contribution in [0.15, 0.2) is 18.2 Å². The maximum absolute atomic E-state index is 13.7. The highest BCUT2D eigenvalue weighted by Crippen LogP contribution is 2.28. The van der Waals surface area contributed by atoms with Crippen LogP contribution in [0.25, 0.3) is 0 Å². The quantitative estimate of drug-likeness (QED) is 0.790. The lowest BCUT2D eigenvalue weighted by molar-refractivity contribution is 0.162. The van der Waals surface area contributed by atoms with Crippen molar-refractivity contribution >= 4 is 6.03 Å². The van der Waals surface area contributed by atoms with Gasteiger partial charge in [0.15, 0.2) is 0 Å². The summed E-state index contributed by atoms with van der Waals surface area (Å²) < 4.78 is 13.7. The van der Waals surface area contributed by atoms with E-state index < -0.39 is 17.4 Å². The minimum atomic E-state index is -0.548. The Balaban J connectivity index is 1.91. The number of halogens is 1. The normalized spacial score (nSPS) is 16.2. The third kappa shape index (κ3) is 3.70. The number of hydrogen-bond donors (Lipinski definition) is 3. The zero-order valence-electron chi connectivity index (χ0n) is 11.7. The first-order chi connectivity index (χ1) is 10.1. The SMILES string of the molecule is N#Cc1ccc(CNC(=O)NC2(CO)CCCC2)c(F)c1. The highest BCUT2D eigenvalue weighted by Gasteiger charge is 2.34. The number of amides is 2. The first-order valence-electron chi connectivity index (χ1n) is 6.94. The molecule has 0 heterocycles. The molecule has 2 rings (SSSR count). The molecular formula is C15H18FN3O2. The lowest BCUT2D eigenvalue weighted by Crippen LogP contribution is -2.52. The van der Waals surface area contributed by atoms with Crippen LogP contribution in [-0.2, 0) is 6.54 Å². The van der Waals surface area contributed by atoms with Crippen LogP contribution in [-0.4, -0.2) is 23.3 Å². The van der Waals surface area contributed by atoms with E-state index in [-0.39, 0.29) is 18.7 Å². The predicted octanol–water partition coefficient (Wildman–Crippen LogP) is 1.80. The van der Waals surface area contributed by atoms with E-state index in [1.807, 2.05) is 6.07 Å². The van der Waals surface area contributed by atoms with Gasteiger partial charge in [0.05, 0.1) is 23.8 Å². The number of urea groups is 1. The van der Waals surface area contributed by atoms with E-state index in [0.717, 1.165) is 31.7 Å². The Morgan fingerprint density at radius 2 is 2.14 bits per heavy atom. The summed E-state index contributed by atoms with van der Waals surface area (Å²) in [4.78, 5) is 11.9. The highest BCUT2D eigenvalue weighted by molar-refractivity contribution is 5.74. The molecule has 0 unspecified atom stereocenters. The van der Waals surface area contributed by atoms with E-state index in [0.29, 0.717) is 5.56 Å². The molecule has 0 radical (unpaired) electrons. The Hall–Kier alpha value is -2.13. The minimum absolute atomic E-state index is 0.0326. The molecule has 1 saturated carbocycles. The van der Waals surface area contributed by atoms with E-state index in [4.69, 9.17) is 5.26 Å². The van der Waals surface area contributed by atoms with Gasteiger partial charge in [-0.25, -0.2) is 9.18 Å². The van der Waals surface area contributed by atoms with Crippen LogP contribution in [0.5, 0.6) is 0 Å². The van der Waals surface area contributed by atoms with Gasteiger partial charge in [0.1, 0.15) is 5.82 Å². The number of aliphatic hydroxyl groups is 1. The number of nitrogens with zero attached hydrogens (tertiary/aromatic N) is 1. The summed E-state index contributed by atoms with van der Waals surface area (Å²) in [5.41, 5.74) is 0.00678. The molecule has 0 saturated heterocycles. The van der Waals surface area contributed by atoms with Crippen molar-refractivity contribution in [1.29, 1.82) is 5.26 Å². The van der Waals surface area contributed by atoms with Crippen LogP contribution >= 0.6 is 0 Å². The van der Waals surface area contributed by atoms with E-state index in [1.165, 1.54) is 12.1 Å². The summed E-state index contributed by atoms with van der Waals surface area (Å²) in [6.07, 6.45) is 3.46. The van der Waals surface area contributed by atoms with Gasteiger partial charge in [0, 0.05) is 12.1 Å². The molecule has 0 aromatic heterocycles. The number of nitriles is 1. The molecule has 0 spiro atoms. The molecule has 1 fully saturated rings. The van der Waals surface area contributed by atoms with Crippen LogP contribution in [0.2, 0.25) is 0 Å². The molecule has 3 N–H and O–H groups in total. The predicted molar refractivity (Wildman–Crippen MR) is 74.8 cm³/mol. The number of carbonyl (C=O) groups is 1. The van der Waals surface area contributed by atoms with Crippen molar-refractivity contribution in [3.8, 4) is 6.07 Å². The highest BCUT2D eigenvalue weighted by atomic mass is 19.1. The Morgan fingerprint density at radius 3 is 2.71 bits per heavy atom. The number of hydrogen-bond acceptors (Lipinski definition) is 3. The zero-order chi connectivity index (χ0) is 15.3. The fraction of sp³-hybridized carbons (Fsp3) is 0.467. The van der Waals surface area contributed by atoms with E-state index in [2.05, 4.69) is 10.6 Å². The van der Waals surface area contributed by atoms with Crippen molar-refractivity contribution < 1.29 is 14.3 Å². The largest absolute Gasteiger partial charge is 0.394 e. The summed E-state index contributed by atoms with van der Waals surface area (Å²) in [5, 5.41) is 23.4. The van der Waals surface area contributed by atoms with Crippen molar-refractivity contribution in [3.05, 3.63) is 35.1 Å². The summed E-state index contributed by atoms with van der Waals surface area (Å²) >= 11 is 0. The lowest BCUT2D eigenvalue weighted by atomic mass is 9.99. The molecule has 1 aliphatic rings. The number of nitrogens with one attached hydrogen (secondary N) is 2. The van der Waals surface area contributed by atoms with E-state index >= 15 is 0 Å². The average Bonchev–Trinajstić information content (AvgIpc) is 2.95.